The van der Waals surface area contributed by atoms with Gasteiger partial charge in [-0.3, -0.25) is 0 Å². The van der Waals surface area contributed by atoms with E-state index in [1.807, 2.05) is 18.2 Å². The Morgan fingerprint density at radius 2 is 1.67 bits per heavy atom. The molecule has 2 rings (SSSR count). The Balaban J connectivity index is 2.55. The van der Waals surface area contributed by atoms with Gasteiger partial charge in [-0.05, 0) is 28.5 Å². The van der Waals surface area contributed by atoms with Gasteiger partial charge in [-0.2, -0.15) is 0 Å². The highest BCUT2D eigenvalue weighted by molar-refractivity contribution is 6.17. The van der Waals surface area contributed by atoms with E-state index in [2.05, 4.69) is 0 Å². The molecule has 15 heavy (non-hydrogen) atoms. The molecule has 0 radical (unpaired) electrons. The summed E-state index contributed by atoms with van der Waals surface area (Å²) < 4.78 is 24.8. The minimum absolute atomic E-state index is 0.0566. The van der Waals surface area contributed by atoms with Crippen LogP contribution in [0.15, 0.2) is 36.4 Å². The van der Waals surface area contributed by atoms with E-state index in [0.717, 1.165) is 16.3 Å². The molecule has 2 aromatic carbocycles. The van der Waals surface area contributed by atoms with Crippen LogP contribution in [-0.4, -0.2) is 0 Å². The number of rotatable bonds is 2. The van der Waals surface area contributed by atoms with Gasteiger partial charge in [0.15, 0.2) is 0 Å². The molecule has 0 heterocycles. The van der Waals surface area contributed by atoms with Crippen LogP contribution in [0.25, 0.3) is 10.8 Å². The fourth-order valence-corrected chi connectivity index (χ4v) is 1.70. The average Bonchev–Trinajstić information content (AvgIpc) is 2.27. The van der Waals surface area contributed by atoms with Crippen molar-refractivity contribution in [2.24, 2.45) is 0 Å². The normalized spacial score (nSPS) is 11.2. The summed E-state index contributed by atoms with van der Waals surface area (Å²) in [6, 6.07) is 10.2. The first-order valence-electron chi connectivity index (χ1n) is 4.57. The Labute approximate surface area is 91.5 Å². The number of alkyl halides is 3. The largest absolute Gasteiger partial charge is 0.263 e. The molecular formula is C12H9ClF2. The van der Waals surface area contributed by atoms with Crippen molar-refractivity contribution >= 4 is 22.4 Å². The summed E-state index contributed by atoms with van der Waals surface area (Å²) in [6.07, 6.45) is -2.41. The fourth-order valence-electron chi connectivity index (χ4n) is 1.53. The van der Waals surface area contributed by atoms with Crippen LogP contribution in [0.4, 0.5) is 8.78 Å². The van der Waals surface area contributed by atoms with E-state index in [1.54, 1.807) is 6.07 Å². The van der Waals surface area contributed by atoms with E-state index < -0.39 is 6.43 Å². The molecule has 0 aromatic heterocycles. The van der Waals surface area contributed by atoms with Crippen LogP contribution in [0.1, 0.15) is 17.6 Å². The number of hydrogen-bond donors (Lipinski definition) is 0. The predicted molar refractivity (Wildman–Crippen MR) is 58.5 cm³/mol. The third kappa shape index (κ3) is 2.10. The fraction of sp³-hybridized carbons (Fsp3) is 0.167. The first-order valence-corrected chi connectivity index (χ1v) is 5.11. The molecule has 0 aliphatic heterocycles. The first kappa shape index (κ1) is 10.4. The Hall–Kier alpha value is -1.15. The van der Waals surface area contributed by atoms with E-state index in [9.17, 15) is 8.78 Å². The van der Waals surface area contributed by atoms with E-state index in [1.165, 1.54) is 12.1 Å². The van der Waals surface area contributed by atoms with E-state index in [4.69, 9.17) is 11.6 Å². The van der Waals surface area contributed by atoms with Crippen LogP contribution in [0.3, 0.4) is 0 Å². The molecule has 0 nitrogen and oxygen atoms in total. The van der Waals surface area contributed by atoms with E-state index in [0.29, 0.717) is 5.88 Å². The molecule has 0 unspecified atom stereocenters. The highest BCUT2D eigenvalue weighted by Gasteiger charge is 2.07. The van der Waals surface area contributed by atoms with Gasteiger partial charge < -0.3 is 0 Å². The van der Waals surface area contributed by atoms with Crippen LogP contribution in [0.2, 0.25) is 0 Å². The summed E-state index contributed by atoms with van der Waals surface area (Å²) in [5.74, 6) is 0.437. The second kappa shape index (κ2) is 4.15. The molecule has 0 N–H and O–H groups in total. The molecule has 2 aromatic rings. The first-order chi connectivity index (χ1) is 7.20. The molecule has 0 amide bonds. The lowest BCUT2D eigenvalue weighted by Gasteiger charge is -2.03. The van der Waals surface area contributed by atoms with Crippen LogP contribution < -0.4 is 0 Å². The SMILES string of the molecule is FC(F)c1ccc2cc(CCl)ccc2c1. The molecule has 78 valence electrons. The summed E-state index contributed by atoms with van der Waals surface area (Å²) in [5, 5.41) is 1.76. The van der Waals surface area contributed by atoms with Crippen molar-refractivity contribution in [3.05, 3.63) is 47.5 Å². The number of benzene rings is 2. The maximum absolute atomic E-state index is 12.4. The molecule has 0 atom stereocenters. The van der Waals surface area contributed by atoms with Gasteiger partial charge >= 0.3 is 0 Å². The standard InChI is InChI=1S/C12H9ClF2/c13-7-8-1-2-10-6-11(12(14)15)4-3-9(10)5-8/h1-6,12H,7H2. The smallest absolute Gasteiger partial charge is 0.205 e. The predicted octanol–water partition coefficient (Wildman–Crippen LogP) is 4.52. The quantitative estimate of drug-likeness (QED) is 0.661. The molecule has 0 bridgehead atoms. The van der Waals surface area contributed by atoms with Gasteiger partial charge in [0.2, 0.25) is 0 Å². The lowest BCUT2D eigenvalue weighted by molar-refractivity contribution is 0.151. The van der Waals surface area contributed by atoms with Crippen LogP contribution in [0.5, 0.6) is 0 Å². The molecule has 0 saturated heterocycles. The Morgan fingerprint density at radius 1 is 1.00 bits per heavy atom. The zero-order chi connectivity index (χ0) is 10.8. The minimum atomic E-state index is -2.41. The summed E-state index contributed by atoms with van der Waals surface area (Å²) in [5.41, 5.74) is 1.05. The molecular weight excluding hydrogens is 218 g/mol. The van der Waals surface area contributed by atoms with E-state index in [-0.39, 0.29) is 5.56 Å². The third-order valence-corrected chi connectivity index (χ3v) is 2.64. The Morgan fingerprint density at radius 3 is 2.33 bits per heavy atom. The van der Waals surface area contributed by atoms with E-state index >= 15 is 0 Å². The van der Waals surface area contributed by atoms with Gasteiger partial charge in [0, 0.05) is 11.4 Å². The highest BCUT2D eigenvalue weighted by atomic mass is 35.5. The third-order valence-electron chi connectivity index (χ3n) is 2.33. The zero-order valence-corrected chi connectivity index (χ0v) is 8.64. The van der Waals surface area contributed by atoms with Crippen LogP contribution in [0, 0.1) is 0 Å². The second-order valence-electron chi connectivity index (χ2n) is 3.38. The maximum atomic E-state index is 12.4. The summed E-state index contributed by atoms with van der Waals surface area (Å²) in [4.78, 5) is 0. The number of fused-ring (bicyclic) bond motifs is 1. The van der Waals surface area contributed by atoms with Crippen molar-refractivity contribution in [2.75, 3.05) is 0 Å². The maximum Gasteiger partial charge on any atom is 0.263 e. The number of hydrogen-bond acceptors (Lipinski definition) is 0. The number of halogens is 3. The molecule has 0 aliphatic rings. The Kier molecular flexibility index (Phi) is 2.87. The monoisotopic (exact) mass is 226 g/mol. The summed E-state index contributed by atoms with van der Waals surface area (Å²) >= 11 is 5.69. The highest BCUT2D eigenvalue weighted by Crippen LogP contribution is 2.24. The van der Waals surface area contributed by atoms with Crippen molar-refractivity contribution in [3.8, 4) is 0 Å². The molecule has 0 saturated carbocycles. The second-order valence-corrected chi connectivity index (χ2v) is 3.64. The lowest BCUT2D eigenvalue weighted by Crippen LogP contribution is -1.85. The lowest BCUT2D eigenvalue weighted by atomic mass is 10.1. The summed E-state index contributed by atoms with van der Waals surface area (Å²) in [7, 11) is 0. The van der Waals surface area contributed by atoms with Crippen molar-refractivity contribution in [3.63, 3.8) is 0 Å². The van der Waals surface area contributed by atoms with Crippen molar-refractivity contribution in [1.29, 1.82) is 0 Å². The molecule has 0 spiro atoms. The van der Waals surface area contributed by atoms with Crippen LogP contribution >= 0.6 is 11.6 Å². The molecule has 0 fully saturated rings. The molecule has 0 aliphatic carbocycles. The van der Waals surface area contributed by atoms with Gasteiger partial charge in [-0.15, -0.1) is 11.6 Å². The van der Waals surface area contributed by atoms with Gasteiger partial charge in [-0.1, -0.05) is 24.3 Å². The molecule has 3 heteroatoms. The Bertz CT molecular complexity index is 480. The minimum Gasteiger partial charge on any atom is -0.205 e. The van der Waals surface area contributed by atoms with Gasteiger partial charge in [-0.25, -0.2) is 8.78 Å². The topological polar surface area (TPSA) is 0 Å². The van der Waals surface area contributed by atoms with Crippen LogP contribution in [-0.2, 0) is 5.88 Å². The van der Waals surface area contributed by atoms with Crippen molar-refractivity contribution < 1.29 is 8.78 Å². The van der Waals surface area contributed by atoms with Gasteiger partial charge in [0.05, 0.1) is 0 Å². The van der Waals surface area contributed by atoms with Crippen molar-refractivity contribution in [1.82, 2.24) is 0 Å². The zero-order valence-electron chi connectivity index (χ0n) is 7.88. The van der Waals surface area contributed by atoms with Gasteiger partial charge in [0.25, 0.3) is 6.43 Å². The average molecular weight is 227 g/mol. The van der Waals surface area contributed by atoms with Gasteiger partial charge in [0.1, 0.15) is 0 Å². The summed E-state index contributed by atoms with van der Waals surface area (Å²) in [6.45, 7) is 0. The van der Waals surface area contributed by atoms with Crippen molar-refractivity contribution in [2.45, 2.75) is 12.3 Å².